The lowest BCUT2D eigenvalue weighted by Crippen LogP contribution is -2.02. The molecule has 0 unspecified atom stereocenters. The van der Waals surface area contributed by atoms with Gasteiger partial charge < -0.3 is 14.8 Å². The van der Waals surface area contributed by atoms with E-state index >= 15 is 0 Å². The number of nitrogens with one attached hydrogen (secondary N) is 1. The van der Waals surface area contributed by atoms with Crippen molar-refractivity contribution in [2.45, 2.75) is 0 Å². The lowest BCUT2D eigenvalue weighted by atomic mass is 10.1. The summed E-state index contributed by atoms with van der Waals surface area (Å²) in [6.45, 7) is 0. The van der Waals surface area contributed by atoms with Gasteiger partial charge in [0.05, 0.1) is 30.9 Å². The summed E-state index contributed by atoms with van der Waals surface area (Å²) >= 11 is 0. The minimum atomic E-state index is 0.659. The van der Waals surface area contributed by atoms with Crippen LogP contribution in [0, 0.1) is 0 Å². The van der Waals surface area contributed by atoms with Gasteiger partial charge in [0.15, 0.2) is 5.82 Å². The lowest BCUT2D eigenvalue weighted by molar-refractivity contribution is 0.405. The van der Waals surface area contributed by atoms with E-state index in [-0.39, 0.29) is 0 Å². The topological polar surface area (TPSA) is 56.3 Å². The first-order valence-electron chi connectivity index (χ1n) is 8.60. The molecule has 5 nitrogen and oxygen atoms in total. The average Bonchev–Trinajstić information content (AvgIpc) is 2.73. The summed E-state index contributed by atoms with van der Waals surface area (Å²) in [6, 6.07) is 23.4. The van der Waals surface area contributed by atoms with Crippen molar-refractivity contribution in [1.82, 2.24) is 9.97 Å². The van der Waals surface area contributed by atoms with Crippen LogP contribution in [0.5, 0.6) is 11.5 Å². The molecular weight excluding hydrogens is 338 g/mol. The second kappa shape index (κ2) is 7.33. The summed E-state index contributed by atoms with van der Waals surface area (Å²) in [5, 5.41) is 3.38. The quantitative estimate of drug-likeness (QED) is 0.541. The fourth-order valence-corrected chi connectivity index (χ4v) is 2.92. The summed E-state index contributed by atoms with van der Waals surface area (Å²) in [5.74, 6) is 2.09. The van der Waals surface area contributed by atoms with Crippen molar-refractivity contribution in [2.75, 3.05) is 19.5 Å². The fraction of sp³-hybridized carbons (Fsp3) is 0.0909. The third-order valence-electron chi connectivity index (χ3n) is 4.28. The standard InChI is InChI=1S/C22H19N3O2/c1-26-16-12-13-20(27-2)19(14-16)25-22-21(15-8-4-3-5-9-15)23-17-10-6-7-11-18(17)24-22/h3-14H,1-2H3,(H,24,25). The number of para-hydroxylation sites is 2. The maximum Gasteiger partial charge on any atom is 0.157 e. The molecular formula is C22H19N3O2. The maximum atomic E-state index is 5.48. The van der Waals surface area contributed by atoms with Crippen molar-refractivity contribution < 1.29 is 9.47 Å². The molecule has 0 atom stereocenters. The molecule has 0 aliphatic rings. The summed E-state index contributed by atoms with van der Waals surface area (Å²) in [4.78, 5) is 9.65. The molecule has 1 N–H and O–H groups in total. The summed E-state index contributed by atoms with van der Waals surface area (Å²) < 4.78 is 10.8. The van der Waals surface area contributed by atoms with Crippen LogP contribution < -0.4 is 14.8 Å². The molecule has 5 heteroatoms. The molecule has 0 aliphatic carbocycles. The smallest absolute Gasteiger partial charge is 0.157 e. The van der Waals surface area contributed by atoms with Crippen molar-refractivity contribution in [3.8, 4) is 22.8 Å². The van der Waals surface area contributed by atoms with Gasteiger partial charge in [-0.3, -0.25) is 0 Å². The van der Waals surface area contributed by atoms with Crippen LogP contribution in [0.4, 0.5) is 11.5 Å². The fourth-order valence-electron chi connectivity index (χ4n) is 2.92. The Morgan fingerprint density at radius 3 is 2.15 bits per heavy atom. The summed E-state index contributed by atoms with van der Waals surface area (Å²) in [5.41, 5.74) is 4.19. The number of aromatic nitrogens is 2. The molecule has 0 bridgehead atoms. The Bertz CT molecular complexity index is 1080. The normalized spacial score (nSPS) is 10.6. The van der Waals surface area contributed by atoms with E-state index in [9.17, 15) is 0 Å². The van der Waals surface area contributed by atoms with Crippen LogP contribution >= 0.6 is 0 Å². The van der Waals surface area contributed by atoms with Crippen LogP contribution in [0.1, 0.15) is 0 Å². The van der Waals surface area contributed by atoms with Crippen LogP contribution in [0.25, 0.3) is 22.3 Å². The van der Waals surface area contributed by atoms with Gasteiger partial charge in [-0.05, 0) is 24.3 Å². The molecule has 0 amide bonds. The first kappa shape index (κ1) is 16.8. The average molecular weight is 357 g/mol. The molecule has 1 aromatic heterocycles. The van der Waals surface area contributed by atoms with Crippen LogP contribution in [0.2, 0.25) is 0 Å². The van der Waals surface area contributed by atoms with Crippen molar-refractivity contribution in [2.24, 2.45) is 0 Å². The monoisotopic (exact) mass is 357 g/mol. The largest absolute Gasteiger partial charge is 0.497 e. The Morgan fingerprint density at radius 2 is 1.44 bits per heavy atom. The van der Waals surface area contributed by atoms with Gasteiger partial charge in [0, 0.05) is 11.6 Å². The summed E-state index contributed by atoms with van der Waals surface area (Å²) in [7, 11) is 3.27. The Kier molecular flexibility index (Phi) is 4.58. The Balaban J connectivity index is 1.88. The molecule has 0 saturated carbocycles. The van der Waals surface area contributed by atoms with Crippen LogP contribution in [0.15, 0.2) is 72.8 Å². The zero-order valence-electron chi connectivity index (χ0n) is 15.1. The maximum absolute atomic E-state index is 5.48. The van der Waals surface area contributed by atoms with E-state index in [4.69, 9.17) is 19.4 Å². The van der Waals surface area contributed by atoms with Gasteiger partial charge in [0.1, 0.15) is 17.2 Å². The highest BCUT2D eigenvalue weighted by molar-refractivity contribution is 5.85. The summed E-state index contributed by atoms with van der Waals surface area (Å²) in [6.07, 6.45) is 0. The number of methoxy groups -OCH3 is 2. The number of hydrogen-bond donors (Lipinski definition) is 1. The molecule has 0 radical (unpaired) electrons. The highest BCUT2D eigenvalue weighted by atomic mass is 16.5. The Labute approximate surface area is 157 Å². The third-order valence-corrected chi connectivity index (χ3v) is 4.28. The first-order valence-corrected chi connectivity index (χ1v) is 8.60. The van der Waals surface area contributed by atoms with E-state index in [0.717, 1.165) is 33.7 Å². The second-order valence-electron chi connectivity index (χ2n) is 5.97. The number of rotatable bonds is 5. The van der Waals surface area contributed by atoms with Crippen LogP contribution in [0.3, 0.4) is 0 Å². The molecule has 0 aliphatic heterocycles. The number of ether oxygens (including phenoxy) is 2. The van der Waals surface area contributed by atoms with E-state index in [2.05, 4.69) is 5.32 Å². The van der Waals surface area contributed by atoms with Gasteiger partial charge in [-0.15, -0.1) is 0 Å². The molecule has 4 aromatic rings. The van der Waals surface area contributed by atoms with E-state index in [0.29, 0.717) is 11.6 Å². The van der Waals surface area contributed by atoms with Gasteiger partial charge >= 0.3 is 0 Å². The molecule has 1 heterocycles. The first-order chi connectivity index (χ1) is 13.3. The van der Waals surface area contributed by atoms with E-state index in [1.165, 1.54) is 0 Å². The van der Waals surface area contributed by atoms with Gasteiger partial charge in [-0.2, -0.15) is 0 Å². The molecule has 0 saturated heterocycles. The molecule has 4 rings (SSSR count). The number of fused-ring (bicyclic) bond motifs is 1. The van der Waals surface area contributed by atoms with Crippen LogP contribution in [-0.4, -0.2) is 24.2 Å². The molecule has 3 aromatic carbocycles. The van der Waals surface area contributed by atoms with Crippen molar-refractivity contribution in [3.05, 3.63) is 72.8 Å². The number of benzene rings is 3. The van der Waals surface area contributed by atoms with Gasteiger partial charge in [-0.25, -0.2) is 9.97 Å². The molecule has 0 fully saturated rings. The highest BCUT2D eigenvalue weighted by Crippen LogP contribution is 2.34. The lowest BCUT2D eigenvalue weighted by Gasteiger charge is -2.15. The van der Waals surface area contributed by atoms with Gasteiger partial charge in [0.25, 0.3) is 0 Å². The Morgan fingerprint density at radius 1 is 0.741 bits per heavy atom. The van der Waals surface area contributed by atoms with Crippen molar-refractivity contribution in [3.63, 3.8) is 0 Å². The highest BCUT2D eigenvalue weighted by Gasteiger charge is 2.14. The van der Waals surface area contributed by atoms with E-state index in [1.54, 1.807) is 14.2 Å². The van der Waals surface area contributed by atoms with Crippen molar-refractivity contribution in [1.29, 1.82) is 0 Å². The third kappa shape index (κ3) is 3.40. The molecule has 0 spiro atoms. The number of hydrogen-bond acceptors (Lipinski definition) is 5. The predicted molar refractivity (Wildman–Crippen MR) is 108 cm³/mol. The van der Waals surface area contributed by atoms with Crippen molar-refractivity contribution >= 4 is 22.5 Å². The predicted octanol–water partition coefficient (Wildman–Crippen LogP) is 5.06. The Hall–Kier alpha value is -3.60. The molecule has 134 valence electrons. The zero-order chi connectivity index (χ0) is 18.6. The SMILES string of the molecule is COc1ccc(OC)c(Nc2nc3ccccc3nc2-c2ccccc2)c1. The van der Waals surface area contributed by atoms with E-state index < -0.39 is 0 Å². The minimum Gasteiger partial charge on any atom is -0.497 e. The minimum absolute atomic E-state index is 0.659. The zero-order valence-corrected chi connectivity index (χ0v) is 15.1. The number of anilines is 2. The van der Waals surface area contributed by atoms with Gasteiger partial charge in [-0.1, -0.05) is 42.5 Å². The molecule has 27 heavy (non-hydrogen) atoms. The van der Waals surface area contributed by atoms with E-state index in [1.807, 2.05) is 72.8 Å². The van der Waals surface area contributed by atoms with Gasteiger partial charge in [0.2, 0.25) is 0 Å². The number of nitrogens with zero attached hydrogens (tertiary/aromatic N) is 2. The second-order valence-corrected chi connectivity index (χ2v) is 5.97. The van der Waals surface area contributed by atoms with Crippen LogP contribution in [-0.2, 0) is 0 Å².